The Morgan fingerprint density at radius 2 is 2.25 bits per heavy atom. The highest BCUT2D eigenvalue weighted by atomic mass is 16.5. The number of nitrogens with two attached hydrogens (primary N) is 1. The highest BCUT2D eigenvalue weighted by Crippen LogP contribution is 2.04. The average Bonchev–Trinajstić information content (AvgIpc) is 2.26. The van der Waals surface area contributed by atoms with Crippen LogP contribution >= 0.6 is 0 Å². The normalized spacial score (nSPS) is 12.4. The summed E-state index contributed by atoms with van der Waals surface area (Å²) in [5.74, 6) is -1.19. The Hall–Kier alpha value is -1.66. The molecule has 0 saturated carbocycles. The molecule has 6 heteroatoms. The summed E-state index contributed by atoms with van der Waals surface area (Å²) in [6.45, 7) is 4.95. The summed E-state index contributed by atoms with van der Waals surface area (Å²) >= 11 is 0. The number of hydrogen-bond acceptors (Lipinski definition) is 4. The third-order valence-corrected chi connectivity index (χ3v) is 1.65. The Bertz CT molecular complexity index is 289. The lowest BCUT2D eigenvalue weighted by Crippen LogP contribution is -2.40. The van der Waals surface area contributed by atoms with Crippen LogP contribution in [-0.2, 0) is 14.3 Å². The topological polar surface area (TPSA) is 92.9 Å². The van der Waals surface area contributed by atoms with Crippen molar-refractivity contribution >= 4 is 11.8 Å². The molecule has 0 aliphatic carbocycles. The summed E-state index contributed by atoms with van der Waals surface area (Å²) in [4.78, 5) is 23.0. The summed E-state index contributed by atoms with van der Waals surface area (Å²) in [6.07, 6.45) is 2.35. The van der Waals surface area contributed by atoms with E-state index in [0.717, 1.165) is 23.3 Å². The van der Waals surface area contributed by atoms with Crippen LogP contribution in [0.25, 0.3) is 0 Å². The number of hydrogen-bond donors (Lipinski definition) is 2. The van der Waals surface area contributed by atoms with E-state index in [1.807, 2.05) is 0 Å². The van der Waals surface area contributed by atoms with Crippen LogP contribution in [-0.4, -0.2) is 41.3 Å². The fourth-order valence-electron chi connectivity index (χ4n) is 0.984. The molecule has 0 saturated heterocycles. The molecule has 0 fully saturated rings. The largest absolute Gasteiger partial charge is 0.392 e. The first-order chi connectivity index (χ1) is 7.56. The quantitative estimate of drug-likeness (QED) is 0.447. The summed E-state index contributed by atoms with van der Waals surface area (Å²) < 4.78 is 5.11. The third kappa shape index (κ3) is 4.72. The lowest BCUT2D eigenvalue weighted by atomic mass is 10.4. The number of aliphatic hydroxyl groups is 1. The molecule has 1 unspecified atom stereocenters. The van der Waals surface area contributed by atoms with Crippen molar-refractivity contribution in [2.45, 2.75) is 13.2 Å². The molecule has 90 valence electrons. The van der Waals surface area contributed by atoms with Crippen LogP contribution in [0.15, 0.2) is 24.9 Å². The molecule has 0 aromatic carbocycles. The van der Waals surface area contributed by atoms with Gasteiger partial charge in [0.15, 0.2) is 6.23 Å². The zero-order chi connectivity index (χ0) is 12.6. The number of nitrogens with zero attached hydrogens (tertiary/aromatic N) is 1. The molecule has 0 aromatic rings. The molecule has 6 nitrogen and oxygen atoms in total. The summed E-state index contributed by atoms with van der Waals surface area (Å²) in [5.41, 5.74) is 4.91. The van der Waals surface area contributed by atoms with E-state index < -0.39 is 24.6 Å². The minimum atomic E-state index is -0.855. The van der Waals surface area contributed by atoms with Crippen LogP contribution in [0.1, 0.15) is 6.92 Å². The van der Waals surface area contributed by atoms with E-state index in [2.05, 4.69) is 6.58 Å². The molecule has 0 heterocycles. The highest BCUT2D eigenvalue weighted by Gasteiger charge is 2.19. The van der Waals surface area contributed by atoms with Gasteiger partial charge in [-0.05, 0) is 13.0 Å². The molecule has 16 heavy (non-hydrogen) atoms. The van der Waals surface area contributed by atoms with Crippen molar-refractivity contribution < 1.29 is 19.4 Å². The van der Waals surface area contributed by atoms with E-state index in [-0.39, 0.29) is 0 Å². The van der Waals surface area contributed by atoms with Gasteiger partial charge in [-0.3, -0.25) is 14.5 Å². The minimum Gasteiger partial charge on any atom is -0.392 e. The fourth-order valence-corrected chi connectivity index (χ4v) is 0.984. The molecule has 0 aliphatic rings. The Morgan fingerprint density at radius 1 is 1.62 bits per heavy atom. The van der Waals surface area contributed by atoms with E-state index in [0.29, 0.717) is 6.61 Å². The first-order valence-corrected chi connectivity index (χ1v) is 4.71. The maximum absolute atomic E-state index is 11.4. The second-order valence-corrected chi connectivity index (χ2v) is 2.76. The first kappa shape index (κ1) is 14.3. The summed E-state index contributed by atoms with van der Waals surface area (Å²) in [7, 11) is 0. The first-order valence-electron chi connectivity index (χ1n) is 4.71. The van der Waals surface area contributed by atoms with Crippen LogP contribution in [0.5, 0.6) is 0 Å². The molecule has 0 aliphatic heterocycles. The van der Waals surface area contributed by atoms with Crippen molar-refractivity contribution in [2.75, 3.05) is 13.2 Å². The van der Waals surface area contributed by atoms with Crippen molar-refractivity contribution in [1.82, 2.24) is 4.90 Å². The van der Waals surface area contributed by atoms with E-state index in [9.17, 15) is 9.59 Å². The smallest absolute Gasteiger partial charge is 0.252 e. The molecular formula is C10H16N2O4. The maximum Gasteiger partial charge on any atom is 0.252 e. The second kappa shape index (κ2) is 7.61. The SMILES string of the molecule is C=CC(=O)N(C=CC(N)=O)C(CO)OCC. The van der Waals surface area contributed by atoms with Gasteiger partial charge < -0.3 is 15.6 Å². The monoisotopic (exact) mass is 228 g/mol. The number of carbonyl (C=O) groups excluding carboxylic acids is 2. The van der Waals surface area contributed by atoms with Gasteiger partial charge in [-0.25, -0.2) is 0 Å². The van der Waals surface area contributed by atoms with Gasteiger partial charge in [0, 0.05) is 18.9 Å². The molecule has 0 rings (SSSR count). The van der Waals surface area contributed by atoms with Crippen molar-refractivity contribution in [3.63, 3.8) is 0 Å². The van der Waals surface area contributed by atoms with Gasteiger partial charge in [-0.2, -0.15) is 0 Å². The summed E-state index contributed by atoms with van der Waals surface area (Å²) in [6, 6.07) is 0. The maximum atomic E-state index is 11.4. The van der Waals surface area contributed by atoms with E-state index in [1.54, 1.807) is 6.92 Å². The van der Waals surface area contributed by atoms with Crippen molar-refractivity contribution in [3.05, 3.63) is 24.9 Å². The zero-order valence-corrected chi connectivity index (χ0v) is 9.13. The summed E-state index contributed by atoms with van der Waals surface area (Å²) in [5, 5.41) is 9.03. The van der Waals surface area contributed by atoms with E-state index >= 15 is 0 Å². The third-order valence-electron chi connectivity index (χ3n) is 1.65. The standard InChI is InChI=1S/C10H16N2O4/c1-3-9(15)12(6-5-8(11)14)10(7-13)16-4-2/h3,5-6,10,13H,1,4,7H2,2H3,(H2,11,14). The lowest BCUT2D eigenvalue weighted by molar-refractivity contribution is -0.138. The molecule has 2 amide bonds. The van der Waals surface area contributed by atoms with Crippen molar-refractivity contribution in [3.8, 4) is 0 Å². The molecule has 0 aromatic heterocycles. The van der Waals surface area contributed by atoms with Gasteiger partial charge >= 0.3 is 0 Å². The molecule has 0 spiro atoms. The van der Waals surface area contributed by atoms with E-state index in [4.69, 9.17) is 15.6 Å². The van der Waals surface area contributed by atoms with Gasteiger partial charge in [-0.1, -0.05) is 6.58 Å². The zero-order valence-electron chi connectivity index (χ0n) is 9.13. The number of aliphatic hydroxyl groups excluding tert-OH is 1. The minimum absolute atomic E-state index is 0.316. The number of rotatable bonds is 7. The number of primary amides is 1. The number of ether oxygens (including phenoxy) is 1. The molecule has 0 radical (unpaired) electrons. The van der Waals surface area contributed by atoms with Gasteiger partial charge in [0.05, 0.1) is 6.61 Å². The van der Waals surface area contributed by atoms with Gasteiger partial charge in [0.1, 0.15) is 0 Å². The Kier molecular flexibility index (Phi) is 6.82. The molecule has 1 atom stereocenters. The average molecular weight is 228 g/mol. The van der Waals surface area contributed by atoms with Crippen molar-refractivity contribution in [2.24, 2.45) is 5.73 Å². The van der Waals surface area contributed by atoms with Crippen LogP contribution in [0, 0.1) is 0 Å². The Balaban J connectivity index is 4.82. The van der Waals surface area contributed by atoms with Crippen LogP contribution in [0.3, 0.4) is 0 Å². The Labute approximate surface area is 94.0 Å². The van der Waals surface area contributed by atoms with Gasteiger partial charge in [0.25, 0.3) is 5.91 Å². The van der Waals surface area contributed by atoms with Gasteiger partial charge in [-0.15, -0.1) is 0 Å². The van der Waals surface area contributed by atoms with Crippen LogP contribution in [0.4, 0.5) is 0 Å². The number of carbonyl (C=O) groups is 2. The predicted octanol–water partition coefficient (Wildman–Crippen LogP) is -0.645. The molecule has 0 bridgehead atoms. The lowest BCUT2D eigenvalue weighted by Gasteiger charge is -2.25. The fraction of sp³-hybridized carbons (Fsp3) is 0.400. The number of amides is 2. The van der Waals surface area contributed by atoms with Crippen LogP contribution in [0.2, 0.25) is 0 Å². The van der Waals surface area contributed by atoms with E-state index in [1.165, 1.54) is 0 Å². The van der Waals surface area contributed by atoms with Crippen molar-refractivity contribution in [1.29, 1.82) is 0 Å². The Morgan fingerprint density at radius 3 is 2.62 bits per heavy atom. The molecular weight excluding hydrogens is 212 g/mol. The predicted molar refractivity (Wildman–Crippen MR) is 57.9 cm³/mol. The van der Waals surface area contributed by atoms with Gasteiger partial charge in [0.2, 0.25) is 5.91 Å². The van der Waals surface area contributed by atoms with Crippen LogP contribution < -0.4 is 5.73 Å². The second-order valence-electron chi connectivity index (χ2n) is 2.76. The molecule has 3 N–H and O–H groups in total. The highest BCUT2D eigenvalue weighted by molar-refractivity contribution is 5.90.